The average molecular weight is 241 g/mol. The first-order valence-electron chi connectivity index (χ1n) is 6.08. The van der Waals surface area contributed by atoms with E-state index in [0.29, 0.717) is 11.8 Å². The highest BCUT2D eigenvalue weighted by atomic mass is 16.5. The maximum Gasteiger partial charge on any atom is 0.213 e. The molecule has 0 radical (unpaired) electrons. The molecule has 1 aliphatic heterocycles. The van der Waals surface area contributed by atoms with Crippen molar-refractivity contribution in [2.75, 3.05) is 7.11 Å². The summed E-state index contributed by atoms with van der Waals surface area (Å²) in [7, 11) is 1.63. The standard InChI is InChI=1S/C15H15NO2/c1-10-9-11-5-3-4-6-12(11)18-13-7-8-14(17-2)16-15(10)13/h3-8,10H,9H2,1-2H3. The van der Waals surface area contributed by atoms with Crippen LogP contribution < -0.4 is 9.47 Å². The van der Waals surface area contributed by atoms with Crippen molar-refractivity contribution >= 4 is 0 Å². The van der Waals surface area contributed by atoms with E-state index >= 15 is 0 Å². The van der Waals surface area contributed by atoms with Gasteiger partial charge in [-0.2, -0.15) is 0 Å². The Bertz CT molecular complexity index is 580. The van der Waals surface area contributed by atoms with Gasteiger partial charge in [-0.3, -0.25) is 0 Å². The third-order valence-corrected chi connectivity index (χ3v) is 3.25. The molecule has 0 amide bonds. The summed E-state index contributed by atoms with van der Waals surface area (Å²) in [5, 5.41) is 0. The van der Waals surface area contributed by atoms with Crippen LogP contribution in [0.3, 0.4) is 0 Å². The normalized spacial score (nSPS) is 17.1. The lowest BCUT2D eigenvalue weighted by atomic mass is 9.98. The Kier molecular flexibility index (Phi) is 2.67. The van der Waals surface area contributed by atoms with Crippen LogP contribution in [0.15, 0.2) is 36.4 Å². The Morgan fingerprint density at radius 2 is 2.00 bits per heavy atom. The number of fused-ring (bicyclic) bond motifs is 2. The molecule has 18 heavy (non-hydrogen) atoms. The maximum absolute atomic E-state index is 5.95. The summed E-state index contributed by atoms with van der Waals surface area (Å²) in [6.07, 6.45) is 0.934. The Morgan fingerprint density at radius 1 is 1.17 bits per heavy atom. The van der Waals surface area contributed by atoms with Gasteiger partial charge in [-0.1, -0.05) is 25.1 Å². The molecule has 1 aromatic carbocycles. The van der Waals surface area contributed by atoms with Gasteiger partial charge in [0.25, 0.3) is 0 Å². The third kappa shape index (κ3) is 1.82. The number of aromatic nitrogens is 1. The largest absolute Gasteiger partial charge is 0.481 e. The second kappa shape index (κ2) is 4.33. The van der Waals surface area contributed by atoms with Gasteiger partial charge in [0, 0.05) is 12.0 Å². The van der Waals surface area contributed by atoms with E-state index in [0.717, 1.165) is 23.6 Å². The highest BCUT2D eigenvalue weighted by Gasteiger charge is 2.21. The zero-order chi connectivity index (χ0) is 12.5. The van der Waals surface area contributed by atoms with Gasteiger partial charge >= 0.3 is 0 Å². The van der Waals surface area contributed by atoms with Crippen molar-refractivity contribution in [1.29, 1.82) is 0 Å². The van der Waals surface area contributed by atoms with E-state index in [1.54, 1.807) is 7.11 Å². The number of hydrogen-bond donors (Lipinski definition) is 0. The van der Waals surface area contributed by atoms with E-state index in [-0.39, 0.29) is 0 Å². The Morgan fingerprint density at radius 3 is 2.83 bits per heavy atom. The number of para-hydroxylation sites is 1. The molecule has 3 heteroatoms. The van der Waals surface area contributed by atoms with Crippen LogP contribution in [-0.4, -0.2) is 12.1 Å². The van der Waals surface area contributed by atoms with Crippen molar-refractivity contribution in [1.82, 2.24) is 4.98 Å². The second-order valence-electron chi connectivity index (χ2n) is 4.55. The van der Waals surface area contributed by atoms with Crippen molar-refractivity contribution in [3.05, 3.63) is 47.7 Å². The zero-order valence-corrected chi connectivity index (χ0v) is 10.5. The van der Waals surface area contributed by atoms with Gasteiger partial charge in [0.1, 0.15) is 11.5 Å². The van der Waals surface area contributed by atoms with Crippen LogP contribution in [0.4, 0.5) is 0 Å². The summed E-state index contributed by atoms with van der Waals surface area (Å²) in [4.78, 5) is 4.51. The molecule has 2 aromatic rings. The molecule has 3 rings (SSSR count). The van der Waals surface area contributed by atoms with Crippen LogP contribution in [0, 0.1) is 0 Å². The third-order valence-electron chi connectivity index (χ3n) is 3.25. The van der Waals surface area contributed by atoms with E-state index < -0.39 is 0 Å². The molecule has 3 nitrogen and oxygen atoms in total. The molecule has 1 aliphatic rings. The summed E-state index contributed by atoms with van der Waals surface area (Å²) in [6.45, 7) is 2.16. The van der Waals surface area contributed by atoms with E-state index in [1.807, 2.05) is 30.3 Å². The SMILES string of the molecule is COc1ccc2c(n1)C(C)Cc1ccccc1O2. The van der Waals surface area contributed by atoms with Gasteiger partial charge < -0.3 is 9.47 Å². The Labute approximate surface area is 106 Å². The van der Waals surface area contributed by atoms with Crippen molar-refractivity contribution in [2.24, 2.45) is 0 Å². The average Bonchev–Trinajstić information content (AvgIpc) is 2.54. The number of rotatable bonds is 1. The molecular weight excluding hydrogens is 226 g/mol. The molecular formula is C15H15NO2. The lowest BCUT2D eigenvalue weighted by Crippen LogP contribution is -2.01. The highest BCUT2D eigenvalue weighted by molar-refractivity contribution is 5.45. The van der Waals surface area contributed by atoms with Gasteiger partial charge in [-0.15, -0.1) is 0 Å². The highest BCUT2D eigenvalue weighted by Crippen LogP contribution is 2.38. The Balaban J connectivity index is 2.10. The van der Waals surface area contributed by atoms with E-state index in [9.17, 15) is 0 Å². The lowest BCUT2D eigenvalue weighted by Gasteiger charge is -2.11. The van der Waals surface area contributed by atoms with Crippen molar-refractivity contribution in [2.45, 2.75) is 19.3 Å². The van der Waals surface area contributed by atoms with Crippen molar-refractivity contribution < 1.29 is 9.47 Å². The molecule has 0 N–H and O–H groups in total. The van der Waals surface area contributed by atoms with Gasteiger partial charge in [0.05, 0.1) is 12.8 Å². The van der Waals surface area contributed by atoms with Crippen LogP contribution in [0.2, 0.25) is 0 Å². The van der Waals surface area contributed by atoms with Crippen LogP contribution in [0.1, 0.15) is 24.1 Å². The number of hydrogen-bond acceptors (Lipinski definition) is 3. The molecule has 92 valence electrons. The number of benzene rings is 1. The molecule has 0 aliphatic carbocycles. The molecule has 1 atom stereocenters. The fraction of sp³-hybridized carbons (Fsp3) is 0.267. The van der Waals surface area contributed by atoms with Crippen LogP contribution in [0.5, 0.6) is 17.4 Å². The minimum absolute atomic E-state index is 0.318. The second-order valence-corrected chi connectivity index (χ2v) is 4.55. The van der Waals surface area contributed by atoms with Crippen LogP contribution >= 0.6 is 0 Å². The fourth-order valence-corrected chi connectivity index (χ4v) is 2.31. The maximum atomic E-state index is 5.95. The predicted octanol–water partition coefficient (Wildman–Crippen LogP) is 3.54. The summed E-state index contributed by atoms with van der Waals surface area (Å²) in [6, 6.07) is 11.9. The first kappa shape index (κ1) is 11.1. The number of nitrogens with zero attached hydrogens (tertiary/aromatic N) is 1. The van der Waals surface area contributed by atoms with Crippen molar-refractivity contribution in [3.63, 3.8) is 0 Å². The summed E-state index contributed by atoms with van der Waals surface area (Å²) < 4.78 is 11.1. The van der Waals surface area contributed by atoms with E-state index in [2.05, 4.69) is 18.0 Å². The molecule has 0 saturated heterocycles. The predicted molar refractivity (Wildman–Crippen MR) is 69.4 cm³/mol. The van der Waals surface area contributed by atoms with Gasteiger partial charge in [-0.25, -0.2) is 4.98 Å². The van der Waals surface area contributed by atoms with Crippen LogP contribution in [-0.2, 0) is 6.42 Å². The van der Waals surface area contributed by atoms with Crippen LogP contribution in [0.25, 0.3) is 0 Å². The monoisotopic (exact) mass is 241 g/mol. The molecule has 0 fully saturated rings. The quantitative estimate of drug-likeness (QED) is 0.765. The van der Waals surface area contributed by atoms with Gasteiger partial charge in [0.15, 0.2) is 0 Å². The number of methoxy groups -OCH3 is 1. The smallest absolute Gasteiger partial charge is 0.213 e. The summed E-state index contributed by atoms with van der Waals surface area (Å²) in [5.41, 5.74) is 2.19. The Hall–Kier alpha value is -2.03. The number of ether oxygens (including phenoxy) is 2. The number of pyridine rings is 1. The molecule has 0 bridgehead atoms. The van der Waals surface area contributed by atoms with Gasteiger partial charge in [-0.05, 0) is 24.1 Å². The van der Waals surface area contributed by atoms with E-state index in [4.69, 9.17) is 9.47 Å². The molecule has 2 heterocycles. The first-order valence-corrected chi connectivity index (χ1v) is 6.08. The zero-order valence-electron chi connectivity index (χ0n) is 10.5. The minimum Gasteiger partial charge on any atom is -0.481 e. The van der Waals surface area contributed by atoms with Crippen molar-refractivity contribution in [3.8, 4) is 17.4 Å². The molecule has 1 unspecified atom stereocenters. The minimum atomic E-state index is 0.318. The summed E-state index contributed by atoms with van der Waals surface area (Å²) in [5.74, 6) is 2.71. The topological polar surface area (TPSA) is 31.4 Å². The van der Waals surface area contributed by atoms with Gasteiger partial charge in [0.2, 0.25) is 5.88 Å². The lowest BCUT2D eigenvalue weighted by molar-refractivity contribution is 0.391. The van der Waals surface area contributed by atoms with E-state index in [1.165, 1.54) is 5.56 Å². The molecule has 1 aromatic heterocycles. The molecule has 0 saturated carbocycles. The fourth-order valence-electron chi connectivity index (χ4n) is 2.31. The summed E-state index contributed by atoms with van der Waals surface area (Å²) >= 11 is 0. The molecule has 0 spiro atoms. The first-order chi connectivity index (χ1) is 8.78.